The minimum atomic E-state index is -0.479. The molecule has 10 heavy (non-hydrogen) atoms. The highest BCUT2D eigenvalue weighted by atomic mass is 16.6. The smallest absolute Gasteiger partial charge is 0.274 e. The molecule has 1 aliphatic rings. The zero-order valence-corrected chi connectivity index (χ0v) is 5.63. The standard InChI is InChI=1S/C5H9N3O2/c1-4-2-6-5(7-4)3-8(9)10/h3-4,6-7H,2H2,1H3/b5-3+. The zero-order valence-electron chi connectivity index (χ0n) is 5.63. The lowest BCUT2D eigenvalue weighted by Crippen LogP contribution is -2.18. The SMILES string of the molecule is CC1CN/C(=C\[N+](=O)[O-])N1. The molecule has 1 heterocycles. The molecule has 5 heteroatoms. The Kier molecular flexibility index (Phi) is 1.75. The molecule has 1 unspecified atom stereocenters. The maximum atomic E-state index is 9.91. The molecule has 0 radical (unpaired) electrons. The number of nitrogens with one attached hydrogen (secondary N) is 2. The van der Waals surface area contributed by atoms with Gasteiger partial charge in [0, 0.05) is 12.6 Å². The van der Waals surface area contributed by atoms with E-state index in [1.807, 2.05) is 6.92 Å². The van der Waals surface area contributed by atoms with Crippen molar-refractivity contribution in [1.29, 1.82) is 0 Å². The predicted octanol–water partition coefficient (Wildman–Crippen LogP) is -0.357. The molecule has 0 aromatic carbocycles. The Balaban J connectivity index is 2.51. The van der Waals surface area contributed by atoms with E-state index in [9.17, 15) is 10.1 Å². The normalized spacial score (nSPS) is 27.7. The Morgan fingerprint density at radius 2 is 2.60 bits per heavy atom. The molecule has 0 amide bonds. The van der Waals surface area contributed by atoms with Gasteiger partial charge in [0.25, 0.3) is 6.20 Å². The third-order valence-corrected chi connectivity index (χ3v) is 1.24. The predicted molar refractivity (Wildman–Crippen MR) is 35.7 cm³/mol. The summed E-state index contributed by atoms with van der Waals surface area (Å²) in [6.07, 6.45) is 0.934. The van der Waals surface area contributed by atoms with E-state index >= 15 is 0 Å². The fourth-order valence-corrected chi connectivity index (χ4v) is 0.819. The fraction of sp³-hybridized carbons (Fsp3) is 0.600. The van der Waals surface area contributed by atoms with Crippen LogP contribution in [-0.4, -0.2) is 17.5 Å². The molecule has 5 nitrogen and oxygen atoms in total. The van der Waals surface area contributed by atoms with Gasteiger partial charge in [-0.2, -0.15) is 0 Å². The van der Waals surface area contributed by atoms with Gasteiger partial charge in [-0.3, -0.25) is 10.1 Å². The second-order valence-corrected chi connectivity index (χ2v) is 2.25. The minimum Gasteiger partial charge on any atom is -0.365 e. The Labute approximate surface area is 58.3 Å². The highest BCUT2D eigenvalue weighted by molar-refractivity contribution is 5.00. The molecule has 1 saturated heterocycles. The topological polar surface area (TPSA) is 67.2 Å². The molecular weight excluding hydrogens is 134 g/mol. The Morgan fingerprint density at radius 1 is 1.90 bits per heavy atom. The molecule has 0 saturated carbocycles. The molecule has 1 atom stereocenters. The van der Waals surface area contributed by atoms with Crippen LogP contribution in [0.1, 0.15) is 6.92 Å². The molecule has 0 aliphatic carbocycles. The summed E-state index contributed by atoms with van der Waals surface area (Å²) >= 11 is 0. The van der Waals surface area contributed by atoms with Crippen LogP contribution in [0.3, 0.4) is 0 Å². The first-order valence-corrected chi connectivity index (χ1v) is 3.04. The van der Waals surface area contributed by atoms with Gasteiger partial charge in [0.05, 0.1) is 4.92 Å². The van der Waals surface area contributed by atoms with Crippen LogP contribution in [0.2, 0.25) is 0 Å². The number of hydrogen-bond donors (Lipinski definition) is 2. The first-order valence-electron chi connectivity index (χ1n) is 3.04. The zero-order chi connectivity index (χ0) is 7.56. The largest absolute Gasteiger partial charge is 0.365 e. The van der Waals surface area contributed by atoms with Crippen LogP contribution in [0.4, 0.5) is 0 Å². The Bertz CT molecular complexity index is 178. The lowest BCUT2D eigenvalue weighted by atomic mass is 10.4. The van der Waals surface area contributed by atoms with Gasteiger partial charge in [-0.15, -0.1) is 0 Å². The molecule has 0 bridgehead atoms. The van der Waals surface area contributed by atoms with Gasteiger partial charge < -0.3 is 10.6 Å². The molecule has 1 fully saturated rings. The van der Waals surface area contributed by atoms with Gasteiger partial charge in [-0.1, -0.05) is 0 Å². The third-order valence-electron chi connectivity index (χ3n) is 1.24. The van der Waals surface area contributed by atoms with Gasteiger partial charge in [0.2, 0.25) is 0 Å². The molecule has 2 N–H and O–H groups in total. The lowest BCUT2D eigenvalue weighted by Gasteiger charge is -1.96. The molecule has 0 aromatic heterocycles. The molecular formula is C5H9N3O2. The summed E-state index contributed by atoms with van der Waals surface area (Å²) in [5.74, 6) is 0.498. The van der Waals surface area contributed by atoms with Gasteiger partial charge in [-0.25, -0.2) is 0 Å². The van der Waals surface area contributed by atoms with Crippen molar-refractivity contribution in [2.75, 3.05) is 6.54 Å². The molecule has 0 aromatic rings. The van der Waals surface area contributed by atoms with E-state index in [2.05, 4.69) is 10.6 Å². The van der Waals surface area contributed by atoms with Crippen LogP contribution in [-0.2, 0) is 0 Å². The number of rotatable bonds is 1. The molecule has 1 aliphatic heterocycles. The summed E-state index contributed by atoms with van der Waals surface area (Å²) in [4.78, 5) is 9.43. The summed E-state index contributed by atoms with van der Waals surface area (Å²) in [6, 6.07) is 0.284. The second kappa shape index (κ2) is 2.55. The van der Waals surface area contributed by atoms with Crippen molar-refractivity contribution in [3.05, 3.63) is 22.1 Å². The van der Waals surface area contributed by atoms with Crippen molar-refractivity contribution in [2.45, 2.75) is 13.0 Å². The van der Waals surface area contributed by atoms with Crippen LogP contribution < -0.4 is 10.6 Å². The first kappa shape index (κ1) is 6.85. The summed E-state index contributed by atoms with van der Waals surface area (Å²) in [5.41, 5.74) is 0. The van der Waals surface area contributed by atoms with Crippen LogP contribution in [0.25, 0.3) is 0 Å². The quantitative estimate of drug-likeness (QED) is 0.388. The Hall–Kier alpha value is -1.26. The maximum Gasteiger partial charge on any atom is 0.274 e. The van der Waals surface area contributed by atoms with E-state index < -0.39 is 4.92 Å². The fourth-order valence-electron chi connectivity index (χ4n) is 0.819. The maximum absolute atomic E-state index is 9.91. The molecule has 56 valence electrons. The van der Waals surface area contributed by atoms with Crippen LogP contribution >= 0.6 is 0 Å². The minimum absolute atomic E-state index is 0.284. The van der Waals surface area contributed by atoms with Crippen LogP contribution in [0.5, 0.6) is 0 Å². The summed E-state index contributed by atoms with van der Waals surface area (Å²) in [6.45, 7) is 2.70. The summed E-state index contributed by atoms with van der Waals surface area (Å²) in [5, 5.41) is 15.7. The molecule has 0 spiro atoms. The number of hydrogen-bond acceptors (Lipinski definition) is 4. The van der Waals surface area contributed by atoms with E-state index in [4.69, 9.17) is 0 Å². The van der Waals surface area contributed by atoms with E-state index in [1.54, 1.807) is 0 Å². The highest BCUT2D eigenvalue weighted by Crippen LogP contribution is 1.96. The monoisotopic (exact) mass is 143 g/mol. The van der Waals surface area contributed by atoms with Crippen molar-refractivity contribution >= 4 is 0 Å². The Morgan fingerprint density at radius 3 is 3.00 bits per heavy atom. The number of nitrogens with zero attached hydrogens (tertiary/aromatic N) is 1. The average molecular weight is 143 g/mol. The third kappa shape index (κ3) is 1.61. The van der Waals surface area contributed by atoms with E-state index in [-0.39, 0.29) is 6.04 Å². The van der Waals surface area contributed by atoms with Gasteiger partial charge in [0.15, 0.2) is 5.82 Å². The first-order chi connectivity index (χ1) is 4.68. The van der Waals surface area contributed by atoms with Crippen molar-refractivity contribution in [2.24, 2.45) is 0 Å². The van der Waals surface area contributed by atoms with Crippen molar-refractivity contribution in [3.63, 3.8) is 0 Å². The van der Waals surface area contributed by atoms with Crippen molar-refractivity contribution < 1.29 is 4.92 Å². The van der Waals surface area contributed by atoms with Gasteiger partial charge in [-0.05, 0) is 6.92 Å². The van der Waals surface area contributed by atoms with Gasteiger partial charge in [0.1, 0.15) is 0 Å². The average Bonchev–Trinajstić information content (AvgIpc) is 2.13. The number of nitro groups is 1. The van der Waals surface area contributed by atoms with E-state index in [0.717, 1.165) is 12.7 Å². The lowest BCUT2D eigenvalue weighted by molar-refractivity contribution is -0.404. The van der Waals surface area contributed by atoms with E-state index in [1.165, 1.54) is 0 Å². The summed E-state index contributed by atoms with van der Waals surface area (Å²) < 4.78 is 0. The summed E-state index contributed by atoms with van der Waals surface area (Å²) in [7, 11) is 0. The van der Waals surface area contributed by atoms with Crippen molar-refractivity contribution in [3.8, 4) is 0 Å². The van der Waals surface area contributed by atoms with Crippen LogP contribution in [0.15, 0.2) is 12.0 Å². The second-order valence-electron chi connectivity index (χ2n) is 2.25. The van der Waals surface area contributed by atoms with Crippen molar-refractivity contribution in [1.82, 2.24) is 10.6 Å². The van der Waals surface area contributed by atoms with E-state index in [0.29, 0.717) is 5.82 Å². The highest BCUT2D eigenvalue weighted by Gasteiger charge is 2.14. The molecule has 1 rings (SSSR count). The van der Waals surface area contributed by atoms with Crippen LogP contribution in [0, 0.1) is 10.1 Å². The van der Waals surface area contributed by atoms with Gasteiger partial charge >= 0.3 is 0 Å².